The Labute approximate surface area is 171 Å². The van der Waals surface area contributed by atoms with Gasteiger partial charge < -0.3 is 9.80 Å². The summed E-state index contributed by atoms with van der Waals surface area (Å²) < 4.78 is 1.72. The van der Waals surface area contributed by atoms with E-state index in [4.69, 9.17) is 0 Å². The molecule has 2 aromatic heterocycles. The number of carbonyl (C=O) groups excluding carboxylic acids is 2. The van der Waals surface area contributed by atoms with Crippen LogP contribution in [0.5, 0.6) is 0 Å². The summed E-state index contributed by atoms with van der Waals surface area (Å²) in [6, 6.07) is 15.4. The van der Waals surface area contributed by atoms with E-state index in [-0.39, 0.29) is 23.7 Å². The topological polar surface area (TPSA) is 57.9 Å². The fraction of sp³-hybridized carbons (Fsp3) is 0.348. The van der Waals surface area contributed by atoms with E-state index < -0.39 is 0 Å². The summed E-state index contributed by atoms with van der Waals surface area (Å²) in [6.07, 6.45) is 1.79. The van der Waals surface area contributed by atoms with Crippen LogP contribution in [-0.2, 0) is 6.54 Å². The van der Waals surface area contributed by atoms with Crippen LogP contribution in [0.15, 0.2) is 54.7 Å². The molecule has 0 fully saturated rings. The molecule has 6 heteroatoms. The first kappa shape index (κ1) is 20.6. The molecule has 0 unspecified atom stereocenters. The van der Waals surface area contributed by atoms with Gasteiger partial charge in [0.25, 0.3) is 11.8 Å². The molecule has 3 rings (SSSR count). The van der Waals surface area contributed by atoms with Crippen molar-refractivity contribution in [2.45, 2.75) is 40.3 Å². The van der Waals surface area contributed by atoms with E-state index >= 15 is 0 Å². The summed E-state index contributed by atoms with van der Waals surface area (Å²) in [4.78, 5) is 34.5. The standard InChI is InChI=1S/C23H28N4O2/c1-5-25(6-2)22(28)20-19-14-10-11-15-26(19)21(24-20)23(29)27(17(3)4)16-18-12-8-7-9-13-18/h7-15,17H,5-6,16H2,1-4H3. The van der Waals surface area contributed by atoms with Crippen LogP contribution >= 0.6 is 0 Å². The molecule has 0 spiro atoms. The zero-order valence-corrected chi connectivity index (χ0v) is 17.5. The number of aromatic nitrogens is 2. The van der Waals surface area contributed by atoms with Gasteiger partial charge in [0.15, 0.2) is 5.69 Å². The van der Waals surface area contributed by atoms with E-state index in [0.717, 1.165) is 5.56 Å². The molecule has 0 aliphatic carbocycles. The van der Waals surface area contributed by atoms with Crippen LogP contribution in [0.25, 0.3) is 5.52 Å². The van der Waals surface area contributed by atoms with Gasteiger partial charge in [0.2, 0.25) is 5.82 Å². The van der Waals surface area contributed by atoms with Crippen molar-refractivity contribution in [3.63, 3.8) is 0 Å². The predicted molar refractivity (Wildman–Crippen MR) is 114 cm³/mol. The molecular formula is C23H28N4O2. The number of pyridine rings is 1. The van der Waals surface area contributed by atoms with Crippen LogP contribution in [0, 0.1) is 0 Å². The first-order valence-electron chi connectivity index (χ1n) is 10.1. The number of fused-ring (bicyclic) bond motifs is 1. The van der Waals surface area contributed by atoms with Crippen molar-refractivity contribution in [2.75, 3.05) is 13.1 Å². The highest BCUT2D eigenvalue weighted by atomic mass is 16.2. The highest BCUT2D eigenvalue weighted by molar-refractivity contribution is 6.02. The Hall–Kier alpha value is -3.15. The first-order chi connectivity index (χ1) is 14.0. The SMILES string of the molecule is CCN(CC)C(=O)c1nc(C(=O)N(Cc2ccccc2)C(C)C)n2ccccc12. The summed E-state index contributed by atoms with van der Waals surface area (Å²) in [5.41, 5.74) is 2.02. The molecule has 6 nitrogen and oxygen atoms in total. The van der Waals surface area contributed by atoms with E-state index in [0.29, 0.717) is 30.8 Å². The molecule has 0 saturated heterocycles. The van der Waals surface area contributed by atoms with E-state index in [1.54, 1.807) is 20.4 Å². The highest BCUT2D eigenvalue weighted by Crippen LogP contribution is 2.19. The fourth-order valence-electron chi connectivity index (χ4n) is 3.40. The number of rotatable bonds is 7. The number of imidazole rings is 1. The monoisotopic (exact) mass is 392 g/mol. The van der Waals surface area contributed by atoms with E-state index in [2.05, 4.69) is 4.98 Å². The van der Waals surface area contributed by atoms with Gasteiger partial charge in [0.1, 0.15) is 0 Å². The molecule has 0 atom stereocenters. The minimum absolute atomic E-state index is 0.0132. The van der Waals surface area contributed by atoms with Crippen LogP contribution < -0.4 is 0 Å². The average molecular weight is 393 g/mol. The Morgan fingerprint density at radius 2 is 1.62 bits per heavy atom. The zero-order valence-electron chi connectivity index (χ0n) is 17.5. The second kappa shape index (κ2) is 8.90. The van der Waals surface area contributed by atoms with Gasteiger partial charge in [-0.05, 0) is 45.4 Å². The van der Waals surface area contributed by atoms with Gasteiger partial charge in [0, 0.05) is 31.9 Å². The summed E-state index contributed by atoms with van der Waals surface area (Å²) >= 11 is 0. The summed E-state index contributed by atoms with van der Waals surface area (Å²) in [5.74, 6) is -0.0821. The largest absolute Gasteiger partial charge is 0.338 e. The molecule has 2 heterocycles. The first-order valence-corrected chi connectivity index (χ1v) is 10.1. The number of hydrogen-bond acceptors (Lipinski definition) is 3. The van der Waals surface area contributed by atoms with Crippen molar-refractivity contribution in [1.82, 2.24) is 19.2 Å². The van der Waals surface area contributed by atoms with E-state index in [1.165, 1.54) is 0 Å². The zero-order chi connectivity index (χ0) is 21.0. The van der Waals surface area contributed by atoms with Crippen molar-refractivity contribution in [1.29, 1.82) is 0 Å². The fourth-order valence-corrected chi connectivity index (χ4v) is 3.40. The Morgan fingerprint density at radius 3 is 2.24 bits per heavy atom. The third kappa shape index (κ3) is 4.16. The lowest BCUT2D eigenvalue weighted by Crippen LogP contribution is -2.37. The number of benzene rings is 1. The van der Waals surface area contributed by atoms with Crippen LogP contribution in [0.1, 0.15) is 54.4 Å². The van der Waals surface area contributed by atoms with E-state index in [9.17, 15) is 9.59 Å². The molecule has 0 bridgehead atoms. The Bertz CT molecular complexity index is 991. The number of nitrogens with zero attached hydrogens (tertiary/aromatic N) is 4. The molecule has 0 N–H and O–H groups in total. The van der Waals surface area contributed by atoms with Gasteiger partial charge >= 0.3 is 0 Å². The van der Waals surface area contributed by atoms with Gasteiger partial charge in [-0.15, -0.1) is 0 Å². The molecule has 29 heavy (non-hydrogen) atoms. The van der Waals surface area contributed by atoms with Gasteiger partial charge in [0.05, 0.1) is 5.52 Å². The van der Waals surface area contributed by atoms with Gasteiger partial charge in [-0.2, -0.15) is 0 Å². The normalized spacial score (nSPS) is 11.1. The third-order valence-corrected chi connectivity index (χ3v) is 5.07. The lowest BCUT2D eigenvalue weighted by Gasteiger charge is -2.26. The van der Waals surface area contributed by atoms with Crippen LogP contribution in [0.2, 0.25) is 0 Å². The average Bonchev–Trinajstić information content (AvgIpc) is 3.12. The molecule has 0 aliphatic heterocycles. The lowest BCUT2D eigenvalue weighted by molar-refractivity contribution is 0.0676. The second-order valence-electron chi connectivity index (χ2n) is 7.23. The van der Waals surface area contributed by atoms with Crippen LogP contribution in [-0.4, -0.2) is 50.1 Å². The lowest BCUT2D eigenvalue weighted by atomic mass is 10.2. The molecule has 0 saturated carbocycles. The number of carbonyl (C=O) groups is 2. The number of hydrogen-bond donors (Lipinski definition) is 0. The number of amides is 2. The third-order valence-electron chi connectivity index (χ3n) is 5.07. The van der Waals surface area contributed by atoms with Crippen molar-refractivity contribution in [3.8, 4) is 0 Å². The Balaban J connectivity index is 2.04. The molecule has 2 amide bonds. The minimum atomic E-state index is -0.191. The highest BCUT2D eigenvalue weighted by Gasteiger charge is 2.28. The maximum atomic E-state index is 13.5. The minimum Gasteiger partial charge on any atom is -0.338 e. The van der Waals surface area contributed by atoms with Gasteiger partial charge in [-0.25, -0.2) is 4.98 Å². The Kier molecular flexibility index (Phi) is 6.32. The van der Waals surface area contributed by atoms with Crippen LogP contribution in [0.4, 0.5) is 0 Å². The second-order valence-corrected chi connectivity index (χ2v) is 7.23. The summed E-state index contributed by atoms with van der Waals surface area (Å²) in [5, 5.41) is 0. The van der Waals surface area contributed by atoms with Crippen LogP contribution in [0.3, 0.4) is 0 Å². The maximum Gasteiger partial charge on any atom is 0.290 e. The van der Waals surface area contributed by atoms with Crippen molar-refractivity contribution >= 4 is 17.3 Å². The van der Waals surface area contributed by atoms with Crippen molar-refractivity contribution in [2.24, 2.45) is 0 Å². The Morgan fingerprint density at radius 1 is 0.966 bits per heavy atom. The smallest absolute Gasteiger partial charge is 0.290 e. The molecule has 152 valence electrons. The van der Waals surface area contributed by atoms with Crippen molar-refractivity contribution in [3.05, 3.63) is 71.8 Å². The van der Waals surface area contributed by atoms with E-state index in [1.807, 2.05) is 76.2 Å². The molecule has 3 aromatic rings. The molecular weight excluding hydrogens is 364 g/mol. The molecule has 0 aliphatic rings. The molecule has 1 aromatic carbocycles. The summed E-state index contributed by atoms with van der Waals surface area (Å²) in [7, 11) is 0. The summed E-state index contributed by atoms with van der Waals surface area (Å²) in [6.45, 7) is 9.51. The van der Waals surface area contributed by atoms with Gasteiger partial charge in [-0.3, -0.25) is 14.0 Å². The van der Waals surface area contributed by atoms with Crippen molar-refractivity contribution < 1.29 is 9.59 Å². The maximum absolute atomic E-state index is 13.5. The predicted octanol–water partition coefficient (Wildman–Crippen LogP) is 3.87. The van der Waals surface area contributed by atoms with Gasteiger partial charge in [-0.1, -0.05) is 36.4 Å². The molecule has 0 radical (unpaired) electrons. The quantitative estimate of drug-likeness (QED) is 0.613.